The second-order valence-corrected chi connectivity index (χ2v) is 8.30. The Labute approximate surface area is 201 Å². The van der Waals surface area contributed by atoms with E-state index >= 15 is 0 Å². The van der Waals surface area contributed by atoms with Crippen molar-refractivity contribution >= 4 is 28.7 Å². The summed E-state index contributed by atoms with van der Waals surface area (Å²) in [7, 11) is 0. The largest absolute Gasteiger partial charge is 0.488 e. The highest BCUT2D eigenvalue weighted by Gasteiger charge is 2.38. The van der Waals surface area contributed by atoms with Gasteiger partial charge in [-0.15, -0.1) is 0 Å². The molecule has 4 nitrogen and oxygen atoms in total. The Kier molecular flexibility index (Phi) is 6.80. The highest BCUT2D eigenvalue weighted by Crippen LogP contribution is 2.44. The molecule has 0 saturated carbocycles. The normalized spacial score (nSPS) is 13.9. The fraction of sp³-hybridized carbons (Fsp3) is 0.200. The van der Waals surface area contributed by atoms with Crippen LogP contribution in [0.1, 0.15) is 52.0 Å². The summed E-state index contributed by atoms with van der Waals surface area (Å²) < 4.78 is 73.5. The van der Waals surface area contributed by atoms with Crippen molar-refractivity contribution in [2.45, 2.75) is 32.0 Å². The summed E-state index contributed by atoms with van der Waals surface area (Å²) in [6, 6.07) is 9.08. The number of aromatic carboxylic acids is 1. The molecule has 0 saturated heterocycles. The van der Waals surface area contributed by atoms with Crippen molar-refractivity contribution in [1.29, 1.82) is 0 Å². The predicted molar refractivity (Wildman–Crippen MR) is 119 cm³/mol. The maximum absolute atomic E-state index is 14.0. The van der Waals surface area contributed by atoms with Gasteiger partial charge in [0.15, 0.2) is 5.69 Å². The van der Waals surface area contributed by atoms with Gasteiger partial charge >= 0.3 is 12.1 Å². The summed E-state index contributed by atoms with van der Waals surface area (Å²) in [4.78, 5) is 14.9. The highest BCUT2D eigenvalue weighted by molar-refractivity contribution is 6.30. The number of rotatable bonds is 6. The molecular weight excluding hydrogens is 493 g/mol. The average molecular weight is 510 g/mol. The third-order valence-electron chi connectivity index (χ3n) is 5.65. The molecule has 1 heterocycles. The molecule has 0 fully saturated rings. The van der Waals surface area contributed by atoms with Gasteiger partial charge < -0.3 is 9.84 Å². The molecule has 0 spiro atoms. The Bertz CT molecular complexity index is 1320. The average Bonchev–Trinajstić information content (AvgIpc) is 3.28. The van der Waals surface area contributed by atoms with Crippen LogP contribution >= 0.6 is 11.6 Å². The van der Waals surface area contributed by atoms with Crippen molar-refractivity contribution in [3.05, 3.63) is 93.3 Å². The molecule has 1 N–H and O–H groups in total. The molecule has 3 aromatic rings. The molecule has 1 aliphatic rings. The zero-order valence-corrected chi connectivity index (χ0v) is 18.7. The van der Waals surface area contributed by atoms with Crippen LogP contribution in [-0.4, -0.2) is 16.1 Å². The van der Waals surface area contributed by atoms with Crippen molar-refractivity contribution in [2.75, 3.05) is 0 Å². The number of halogens is 6. The van der Waals surface area contributed by atoms with Gasteiger partial charge in [0.25, 0.3) is 0 Å². The molecule has 1 aromatic heterocycles. The highest BCUT2D eigenvalue weighted by atomic mass is 35.5. The van der Waals surface area contributed by atoms with Gasteiger partial charge in [-0.3, -0.25) is 4.98 Å². The first-order chi connectivity index (χ1) is 16.6. The number of allylic oxidation sites excluding steroid dienone is 2. The number of carbonyl (C=O) groups is 1. The van der Waals surface area contributed by atoms with E-state index in [1.807, 2.05) is 0 Å². The molecule has 0 amide bonds. The van der Waals surface area contributed by atoms with Crippen LogP contribution in [0.2, 0.25) is 5.02 Å². The molecule has 4 rings (SSSR count). The topological polar surface area (TPSA) is 59.4 Å². The summed E-state index contributed by atoms with van der Waals surface area (Å²) in [5.41, 5.74) is -0.689. The molecule has 0 bridgehead atoms. The van der Waals surface area contributed by atoms with Gasteiger partial charge in [0.05, 0.1) is 11.1 Å². The van der Waals surface area contributed by atoms with Gasteiger partial charge in [0.1, 0.15) is 24.0 Å². The molecule has 182 valence electrons. The first-order valence-electron chi connectivity index (χ1n) is 10.4. The van der Waals surface area contributed by atoms with Gasteiger partial charge in [-0.2, -0.15) is 13.2 Å². The maximum Gasteiger partial charge on any atom is 0.434 e. The lowest BCUT2D eigenvalue weighted by molar-refractivity contribution is -0.141. The maximum atomic E-state index is 14.0. The number of alkyl halides is 3. The number of nitrogens with zero attached hydrogens (tertiary/aromatic N) is 1. The van der Waals surface area contributed by atoms with Gasteiger partial charge in [-0.25, -0.2) is 13.6 Å². The van der Waals surface area contributed by atoms with Crippen molar-refractivity contribution < 1.29 is 36.6 Å². The van der Waals surface area contributed by atoms with Crippen LogP contribution in [-0.2, 0) is 12.8 Å². The molecule has 0 atom stereocenters. The summed E-state index contributed by atoms with van der Waals surface area (Å²) in [5, 5.41) is 9.68. The van der Waals surface area contributed by atoms with E-state index < -0.39 is 41.6 Å². The minimum Gasteiger partial charge on any atom is -0.488 e. The number of pyridine rings is 1. The summed E-state index contributed by atoms with van der Waals surface area (Å²) in [5.74, 6) is -3.01. The van der Waals surface area contributed by atoms with Crippen LogP contribution in [0.4, 0.5) is 22.0 Å². The van der Waals surface area contributed by atoms with Crippen LogP contribution in [0.15, 0.2) is 48.7 Å². The summed E-state index contributed by atoms with van der Waals surface area (Å²) in [6.45, 7) is -0.402. The van der Waals surface area contributed by atoms with Crippen molar-refractivity contribution in [2.24, 2.45) is 0 Å². The molecule has 0 unspecified atom stereocenters. The van der Waals surface area contributed by atoms with Crippen LogP contribution in [0.3, 0.4) is 0 Å². The Morgan fingerprint density at radius 1 is 1.06 bits per heavy atom. The monoisotopic (exact) mass is 509 g/mol. The van der Waals surface area contributed by atoms with E-state index in [0.717, 1.165) is 24.4 Å². The minimum atomic E-state index is -4.92. The second kappa shape index (κ2) is 9.65. The Morgan fingerprint density at radius 2 is 1.74 bits per heavy atom. The fourth-order valence-electron chi connectivity index (χ4n) is 4.06. The molecular formula is C25H17ClF5NO3. The van der Waals surface area contributed by atoms with Gasteiger partial charge in [0, 0.05) is 16.8 Å². The van der Waals surface area contributed by atoms with Crippen LogP contribution in [0.5, 0.6) is 5.75 Å². The Balaban J connectivity index is 1.77. The van der Waals surface area contributed by atoms with Crippen LogP contribution < -0.4 is 4.74 Å². The Morgan fingerprint density at radius 3 is 2.40 bits per heavy atom. The van der Waals surface area contributed by atoms with Crippen LogP contribution in [0.25, 0.3) is 11.1 Å². The molecule has 10 heteroatoms. The molecule has 1 aliphatic carbocycles. The van der Waals surface area contributed by atoms with Gasteiger partial charge in [0.2, 0.25) is 0 Å². The number of ether oxygens (including phenoxy) is 1. The van der Waals surface area contributed by atoms with Crippen molar-refractivity contribution in [3.8, 4) is 5.75 Å². The van der Waals surface area contributed by atoms with E-state index in [1.165, 1.54) is 18.2 Å². The van der Waals surface area contributed by atoms with E-state index in [9.17, 15) is 31.9 Å². The van der Waals surface area contributed by atoms with E-state index in [4.69, 9.17) is 16.3 Å². The zero-order chi connectivity index (χ0) is 25.3. The molecule has 0 radical (unpaired) electrons. The lowest BCUT2D eigenvalue weighted by atomic mass is 9.96. The zero-order valence-electron chi connectivity index (χ0n) is 17.9. The fourth-order valence-corrected chi connectivity index (χ4v) is 4.23. The summed E-state index contributed by atoms with van der Waals surface area (Å²) >= 11 is 6.18. The van der Waals surface area contributed by atoms with Crippen molar-refractivity contribution in [1.82, 2.24) is 4.98 Å². The quantitative estimate of drug-likeness (QED) is 0.352. The van der Waals surface area contributed by atoms with E-state index in [-0.39, 0.29) is 16.9 Å². The van der Waals surface area contributed by atoms with Gasteiger partial charge in [-0.1, -0.05) is 17.7 Å². The van der Waals surface area contributed by atoms with Crippen LogP contribution in [0, 0.1) is 11.6 Å². The molecule has 2 aromatic carbocycles. The Hall–Kier alpha value is -3.46. The van der Waals surface area contributed by atoms with E-state index in [1.54, 1.807) is 6.07 Å². The van der Waals surface area contributed by atoms with E-state index in [2.05, 4.69) is 4.98 Å². The standard InChI is InChI=1S/C25H17ClF5NO3/c26-14-7-8-22(35-12-19-20(27)5-2-6-21(19)28)17(10-14)16-4-1-3-15(16)13-9-18(24(33)34)23(32-11-13)25(29,30)31/h2,5-11H,1,3-4,12H2,(H,33,34). The second-order valence-electron chi connectivity index (χ2n) is 7.86. The number of hydrogen-bond acceptors (Lipinski definition) is 3. The summed E-state index contributed by atoms with van der Waals surface area (Å²) in [6.07, 6.45) is -2.33. The SMILES string of the molecule is O=C(O)c1cc(C2=C(c3cc(Cl)ccc3OCc3c(F)cccc3F)CCC2)cnc1C(F)(F)F. The molecule has 35 heavy (non-hydrogen) atoms. The number of carboxylic acids is 1. The predicted octanol–water partition coefficient (Wildman–Crippen LogP) is 7.40. The lowest BCUT2D eigenvalue weighted by Crippen LogP contribution is -2.15. The lowest BCUT2D eigenvalue weighted by Gasteiger charge is -2.16. The third kappa shape index (κ3) is 5.14. The minimum absolute atomic E-state index is 0.231. The first kappa shape index (κ1) is 24.7. The number of hydrogen-bond donors (Lipinski definition) is 1. The third-order valence-corrected chi connectivity index (χ3v) is 5.89. The van der Waals surface area contributed by atoms with Gasteiger partial charge in [-0.05, 0) is 72.4 Å². The van der Waals surface area contributed by atoms with E-state index in [0.29, 0.717) is 41.0 Å². The molecule has 0 aliphatic heterocycles. The number of benzene rings is 2. The smallest absolute Gasteiger partial charge is 0.434 e. The van der Waals surface area contributed by atoms with Crippen molar-refractivity contribution in [3.63, 3.8) is 0 Å². The number of aromatic nitrogens is 1. The number of carboxylic acid groups (broad SMARTS) is 1. The first-order valence-corrected chi connectivity index (χ1v) is 10.8.